The van der Waals surface area contributed by atoms with Gasteiger partial charge in [-0.25, -0.2) is 0 Å². The Kier molecular flexibility index (Phi) is 4.33. The highest BCUT2D eigenvalue weighted by molar-refractivity contribution is 5.85. The van der Waals surface area contributed by atoms with E-state index < -0.39 is 0 Å². The average molecular weight is 323 g/mol. The fourth-order valence-electron chi connectivity index (χ4n) is 3.92. The van der Waals surface area contributed by atoms with Crippen molar-refractivity contribution in [2.24, 2.45) is 11.3 Å². The smallest absolute Gasteiger partial charge is 0.224 e. The van der Waals surface area contributed by atoms with Crippen molar-refractivity contribution in [2.45, 2.75) is 31.7 Å². The molecule has 0 aromatic heterocycles. The highest BCUT2D eigenvalue weighted by atomic mass is 35.5. The van der Waals surface area contributed by atoms with Gasteiger partial charge in [-0.2, -0.15) is 0 Å². The first kappa shape index (κ1) is 15.6. The minimum absolute atomic E-state index is 0. The van der Waals surface area contributed by atoms with Crippen LogP contribution < -0.4 is 15.4 Å². The Morgan fingerprint density at radius 3 is 2.86 bits per heavy atom. The van der Waals surface area contributed by atoms with Crippen molar-refractivity contribution in [2.75, 3.05) is 19.7 Å². The van der Waals surface area contributed by atoms with Gasteiger partial charge >= 0.3 is 0 Å². The van der Waals surface area contributed by atoms with Gasteiger partial charge in [-0.3, -0.25) is 4.79 Å². The average Bonchev–Trinajstić information content (AvgIpc) is 3.21. The molecule has 1 aliphatic carbocycles. The summed E-state index contributed by atoms with van der Waals surface area (Å²) in [7, 11) is 0. The van der Waals surface area contributed by atoms with E-state index in [1.807, 2.05) is 18.2 Å². The van der Waals surface area contributed by atoms with Crippen LogP contribution in [0.5, 0.6) is 5.75 Å². The van der Waals surface area contributed by atoms with E-state index in [2.05, 4.69) is 16.7 Å². The normalized spacial score (nSPS) is 28.0. The molecule has 22 heavy (non-hydrogen) atoms. The molecule has 2 unspecified atom stereocenters. The van der Waals surface area contributed by atoms with Crippen molar-refractivity contribution in [3.63, 3.8) is 0 Å². The lowest BCUT2D eigenvalue weighted by atomic mass is 9.91. The zero-order chi connectivity index (χ0) is 14.3. The number of hydrogen-bond acceptors (Lipinski definition) is 3. The van der Waals surface area contributed by atoms with Gasteiger partial charge in [0.25, 0.3) is 0 Å². The van der Waals surface area contributed by atoms with Gasteiger partial charge in [0, 0.05) is 5.92 Å². The second kappa shape index (κ2) is 6.09. The molecule has 1 saturated heterocycles. The number of nitrogens with one attached hydrogen (secondary N) is 2. The van der Waals surface area contributed by atoms with E-state index in [9.17, 15) is 4.79 Å². The monoisotopic (exact) mass is 322 g/mol. The maximum Gasteiger partial charge on any atom is 0.224 e. The SMILES string of the molecule is Cl.O=C(NC1COc2ccccc2C1)C1CC12CCNCC2. The van der Waals surface area contributed by atoms with Crippen LogP contribution in [0.3, 0.4) is 0 Å². The molecule has 5 heteroatoms. The lowest BCUT2D eigenvalue weighted by molar-refractivity contribution is -0.124. The number of fused-ring (bicyclic) bond motifs is 1. The van der Waals surface area contributed by atoms with Crippen LogP contribution in [-0.2, 0) is 11.2 Å². The van der Waals surface area contributed by atoms with Crippen LogP contribution in [0.2, 0.25) is 0 Å². The van der Waals surface area contributed by atoms with E-state index >= 15 is 0 Å². The second-order valence-electron chi connectivity index (χ2n) is 6.70. The largest absolute Gasteiger partial charge is 0.491 e. The molecule has 1 aromatic rings. The minimum atomic E-state index is 0. The van der Waals surface area contributed by atoms with E-state index in [0.29, 0.717) is 12.0 Å². The molecule has 2 atom stereocenters. The van der Waals surface area contributed by atoms with Crippen LogP contribution in [0.15, 0.2) is 24.3 Å². The summed E-state index contributed by atoms with van der Waals surface area (Å²) in [5.41, 5.74) is 1.50. The molecule has 4 nitrogen and oxygen atoms in total. The van der Waals surface area contributed by atoms with Crippen molar-refractivity contribution in [1.29, 1.82) is 0 Å². The molecule has 3 aliphatic rings. The zero-order valence-corrected chi connectivity index (χ0v) is 13.5. The number of amides is 1. The number of para-hydroxylation sites is 1. The lowest BCUT2D eigenvalue weighted by Gasteiger charge is -2.27. The summed E-state index contributed by atoms with van der Waals surface area (Å²) in [5.74, 6) is 1.44. The van der Waals surface area contributed by atoms with Crippen LogP contribution in [0.4, 0.5) is 0 Å². The summed E-state index contributed by atoms with van der Waals surface area (Å²) in [4.78, 5) is 12.5. The maximum absolute atomic E-state index is 12.5. The van der Waals surface area contributed by atoms with Crippen molar-refractivity contribution in [3.05, 3.63) is 29.8 Å². The number of piperidine rings is 1. The molecule has 1 spiro atoms. The highest BCUT2D eigenvalue weighted by Crippen LogP contribution is 2.58. The number of ether oxygens (including phenoxy) is 1. The molecule has 4 rings (SSSR count). The molecule has 2 N–H and O–H groups in total. The lowest BCUT2D eigenvalue weighted by Crippen LogP contribution is -2.44. The number of carbonyl (C=O) groups excluding carboxylic acids is 1. The fraction of sp³-hybridized carbons (Fsp3) is 0.588. The molecule has 120 valence electrons. The van der Waals surface area contributed by atoms with Gasteiger partial charge in [-0.15, -0.1) is 12.4 Å². The summed E-state index contributed by atoms with van der Waals surface area (Å²) in [6.45, 7) is 2.71. The van der Waals surface area contributed by atoms with Crippen molar-refractivity contribution < 1.29 is 9.53 Å². The van der Waals surface area contributed by atoms with E-state index in [0.717, 1.165) is 44.5 Å². The van der Waals surface area contributed by atoms with Gasteiger partial charge in [-0.1, -0.05) is 18.2 Å². The van der Waals surface area contributed by atoms with Gasteiger partial charge in [0.2, 0.25) is 5.91 Å². The van der Waals surface area contributed by atoms with Crippen LogP contribution in [0, 0.1) is 11.3 Å². The minimum Gasteiger partial charge on any atom is -0.491 e. The van der Waals surface area contributed by atoms with Gasteiger partial charge in [0.15, 0.2) is 0 Å². The maximum atomic E-state index is 12.5. The molecule has 1 aromatic carbocycles. The van der Waals surface area contributed by atoms with Crippen LogP contribution >= 0.6 is 12.4 Å². The molecule has 1 saturated carbocycles. The van der Waals surface area contributed by atoms with Crippen molar-refractivity contribution in [1.82, 2.24) is 10.6 Å². The van der Waals surface area contributed by atoms with E-state index in [-0.39, 0.29) is 30.3 Å². The summed E-state index contributed by atoms with van der Waals surface area (Å²) in [6.07, 6.45) is 4.25. The molecule has 2 fully saturated rings. The fourth-order valence-corrected chi connectivity index (χ4v) is 3.92. The van der Waals surface area contributed by atoms with Crippen LogP contribution in [-0.4, -0.2) is 31.6 Å². The third kappa shape index (κ3) is 2.82. The number of rotatable bonds is 2. The molecule has 1 amide bonds. The third-order valence-corrected chi connectivity index (χ3v) is 5.33. The first-order chi connectivity index (χ1) is 10.3. The molecular formula is C17H23ClN2O2. The standard InChI is InChI=1S/C17H22N2O2.ClH/c20-16(14-10-17(14)5-7-18-8-6-17)19-13-9-12-3-1-2-4-15(12)21-11-13;/h1-4,13-14,18H,5-11H2,(H,19,20);1H. The zero-order valence-electron chi connectivity index (χ0n) is 12.6. The second-order valence-corrected chi connectivity index (χ2v) is 6.70. The van der Waals surface area contributed by atoms with Gasteiger partial charge in [0.1, 0.15) is 12.4 Å². The predicted molar refractivity (Wildman–Crippen MR) is 87.5 cm³/mol. The molecule has 2 heterocycles. The quantitative estimate of drug-likeness (QED) is 0.874. The first-order valence-electron chi connectivity index (χ1n) is 7.99. The number of hydrogen-bond donors (Lipinski definition) is 2. The molecule has 0 bridgehead atoms. The van der Waals surface area contributed by atoms with Gasteiger partial charge in [0.05, 0.1) is 6.04 Å². The Labute approximate surface area is 137 Å². The number of carbonyl (C=O) groups is 1. The highest BCUT2D eigenvalue weighted by Gasteiger charge is 2.57. The Hall–Kier alpha value is -1.26. The van der Waals surface area contributed by atoms with Gasteiger partial charge < -0.3 is 15.4 Å². The topological polar surface area (TPSA) is 50.4 Å². The van der Waals surface area contributed by atoms with E-state index in [4.69, 9.17) is 4.74 Å². The first-order valence-corrected chi connectivity index (χ1v) is 7.99. The van der Waals surface area contributed by atoms with E-state index in [1.165, 1.54) is 5.56 Å². The van der Waals surface area contributed by atoms with Crippen molar-refractivity contribution in [3.8, 4) is 5.75 Å². The number of benzene rings is 1. The molecule has 0 radical (unpaired) electrons. The summed E-state index contributed by atoms with van der Waals surface area (Å²) >= 11 is 0. The molecular weight excluding hydrogens is 300 g/mol. The summed E-state index contributed by atoms with van der Waals surface area (Å²) < 4.78 is 5.75. The molecule has 2 aliphatic heterocycles. The summed E-state index contributed by atoms with van der Waals surface area (Å²) in [5, 5.41) is 6.59. The van der Waals surface area contributed by atoms with Crippen molar-refractivity contribution >= 4 is 18.3 Å². The van der Waals surface area contributed by atoms with Gasteiger partial charge in [-0.05, 0) is 55.8 Å². The Morgan fingerprint density at radius 2 is 2.05 bits per heavy atom. The summed E-state index contributed by atoms with van der Waals surface area (Å²) in [6, 6.07) is 8.21. The van der Waals surface area contributed by atoms with E-state index in [1.54, 1.807) is 0 Å². The van der Waals surface area contributed by atoms with Crippen LogP contribution in [0.25, 0.3) is 0 Å². The predicted octanol–water partition coefficient (Wildman–Crippen LogP) is 1.92. The Bertz CT molecular complexity index is 557. The number of halogens is 1. The Morgan fingerprint density at radius 1 is 1.27 bits per heavy atom. The third-order valence-electron chi connectivity index (χ3n) is 5.33. The Balaban J connectivity index is 0.00000144. The van der Waals surface area contributed by atoms with Crippen LogP contribution in [0.1, 0.15) is 24.8 Å².